The molecule has 3 rings (SSSR count). The van der Waals surface area contributed by atoms with Crippen molar-refractivity contribution in [1.82, 2.24) is 9.78 Å². The van der Waals surface area contributed by atoms with Crippen LogP contribution in [0.4, 0.5) is 17.6 Å². The van der Waals surface area contributed by atoms with Crippen LogP contribution in [0.1, 0.15) is 45.7 Å². The maximum Gasteiger partial charge on any atom is 0.283 e. The molecule has 0 fully saturated rings. The lowest BCUT2D eigenvalue weighted by molar-refractivity contribution is 0.104. The first-order valence-corrected chi connectivity index (χ1v) is 10.5. The molecule has 0 N–H and O–H groups in total. The van der Waals surface area contributed by atoms with Crippen LogP contribution < -0.4 is 14.2 Å². The van der Waals surface area contributed by atoms with E-state index in [1.165, 1.54) is 33.5 Å². The van der Waals surface area contributed by atoms with Gasteiger partial charge in [0.25, 0.3) is 12.9 Å². The Morgan fingerprint density at radius 3 is 2.29 bits per heavy atom. The molecule has 11 heteroatoms. The van der Waals surface area contributed by atoms with Crippen molar-refractivity contribution >= 4 is 23.5 Å². The number of ketones is 1. The molecule has 1 heterocycles. The van der Waals surface area contributed by atoms with Gasteiger partial charge in [-0.1, -0.05) is 23.7 Å². The number of allylic oxidation sites excluding steroid dienone is 1. The van der Waals surface area contributed by atoms with Crippen molar-refractivity contribution in [2.45, 2.75) is 19.4 Å². The number of alkyl halides is 4. The fourth-order valence-corrected chi connectivity index (χ4v) is 3.70. The largest absolute Gasteiger partial charge is 0.497 e. The molecule has 0 saturated carbocycles. The van der Waals surface area contributed by atoms with Crippen LogP contribution in [-0.2, 0) is 6.54 Å². The van der Waals surface area contributed by atoms with Crippen molar-refractivity contribution in [3.63, 3.8) is 0 Å². The molecule has 0 bridgehead atoms. The third kappa shape index (κ3) is 5.76. The number of hydrogen-bond donors (Lipinski definition) is 0. The summed E-state index contributed by atoms with van der Waals surface area (Å²) in [5, 5.41) is 2.81. The van der Waals surface area contributed by atoms with Crippen LogP contribution in [0.25, 0.3) is 6.08 Å². The molecular formula is C24H21ClF4N2O4. The van der Waals surface area contributed by atoms with E-state index in [4.69, 9.17) is 25.8 Å². The van der Waals surface area contributed by atoms with E-state index in [-0.39, 0.29) is 17.9 Å². The molecular weight excluding hydrogens is 492 g/mol. The summed E-state index contributed by atoms with van der Waals surface area (Å²) in [6.07, 6.45) is -3.41. The molecule has 35 heavy (non-hydrogen) atoms. The standard InChI is InChI=1S/C24H21ClF4N2O4/c1-33-15-6-9-19(35-3)16(11-15)17(32)7-4-13-5-8-18(34-2)14(10-13)12-31-22(24(28)29)20(25)21(30-31)23(26)27/h4-11,23-24H,12H2,1-3H3/b7-4+. The molecule has 0 aliphatic heterocycles. The van der Waals surface area contributed by atoms with Gasteiger partial charge in [-0.3, -0.25) is 9.48 Å². The lowest BCUT2D eigenvalue weighted by Crippen LogP contribution is -2.08. The molecule has 0 atom stereocenters. The predicted octanol–water partition coefficient (Wildman–Crippen LogP) is 6.38. The third-order valence-corrected chi connectivity index (χ3v) is 5.48. The Labute approximate surface area is 203 Å². The first kappa shape index (κ1) is 26.1. The zero-order valence-corrected chi connectivity index (χ0v) is 19.7. The molecule has 0 aliphatic carbocycles. The lowest BCUT2D eigenvalue weighted by atomic mass is 10.1. The summed E-state index contributed by atoms with van der Waals surface area (Å²) in [5.41, 5.74) is -0.561. The Morgan fingerprint density at radius 1 is 1.00 bits per heavy atom. The van der Waals surface area contributed by atoms with Crippen molar-refractivity contribution < 1.29 is 36.6 Å². The van der Waals surface area contributed by atoms with E-state index in [1.54, 1.807) is 36.4 Å². The van der Waals surface area contributed by atoms with Gasteiger partial charge in [-0.2, -0.15) is 5.10 Å². The number of nitrogens with zero attached hydrogens (tertiary/aromatic N) is 2. The number of aromatic nitrogens is 2. The van der Waals surface area contributed by atoms with Gasteiger partial charge in [0.2, 0.25) is 0 Å². The highest BCUT2D eigenvalue weighted by molar-refractivity contribution is 6.32. The van der Waals surface area contributed by atoms with E-state index in [0.29, 0.717) is 28.4 Å². The topological polar surface area (TPSA) is 62.6 Å². The Morgan fingerprint density at radius 2 is 1.69 bits per heavy atom. The summed E-state index contributed by atoms with van der Waals surface area (Å²) in [6.45, 7) is -0.311. The van der Waals surface area contributed by atoms with Crippen molar-refractivity contribution in [2.75, 3.05) is 21.3 Å². The van der Waals surface area contributed by atoms with E-state index in [2.05, 4.69) is 5.10 Å². The highest BCUT2D eigenvalue weighted by Gasteiger charge is 2.28. The third-order valence-electron chi connectivity index (χ3n) is 5.09. The van der Waals surface area contributed by atoms with Gasteiger partial charge in [0.15, 0.2) is 5.78 Å². The minimum Gasteiger partial charge on any atom is -0.497 e. The predicted molar refractivity (Wildman–Crippen MR) is 122 cm³/mol. The minimum absolute atomic E-state index is 0.282. The number of hydrogen-bond acceptors (Lipinski definition) is 5. The fourth-order valence-electron chi connectivity index (χ4n) is 3.40. The minimum atomic E-state index is -3.12. The highest BCUT2D eigenvalue weighted by atomic mass is 35.5. The van der Waals surface area contributed by atoms with Gasteiger partial charge >= 0.3 is 0 Å². The zero-order chi connectivity index (χ0) is 25.7. The van der Waals surface area contributed by atoms with Crippen LogP contribution in [0, 0.1) is 0 Å². The van der Waals surface area contributed by atoms with Crippen molar-refractivity contribution in [1.29, 1.82) is 0 Å². The number of benzene rings is 2. The van der Waals surface area contributed by atoms with Crippen LogP contribution in [0.15, 0.2) is 42.5 Å². The Bertz CT molecular complexity index is 1240. The number of rotatable bonds is 10. The van der Waals surface area contributed by atoms with Crippen LogP contribution in [0.3, 0.4) is 0 Å². The van der Waals surface area contributed by atoms with Crippen LogP contribution >= 0.6 is 11.6 Å². The molecule has 0 spiro atoms. The average molecular weight is 513 g/mol. The summed E-state index contributed by atoms with van der Waals surface area (Å²) in [5.74, 6) is 0.790. The number of ether oxygens (including phenoxy) is 3. The average Bonchev–Trinajstić information content (AvgIpc) is 3.18. The van der Waals surface area contributed by atoms with Gasteiger partial charge in [0.05, 0.1) is 38.5 Å². The smallest absolute Gasteiger partial charge is 0.283 e. The number of carbonyl (C=O) groups excluding carboxylic acids is 1. The van der Waals surface area contributed by atoms with Gasteiger partial charge in [0.1, 0.15) is 28.6 Å². The van der Waals surface area contributed by atoms with Crippen LogP contribution in [0.5, 0.6) is 17.2 Å². The molecule has 6 nitrogen and oxygen atoms in total. The summed E-state index contributed by atoms with van der Waals surface area (Å²) < 4.78 is 69.8. The number of carbonyl (C=O) groups is 1. The Hall–Kier alpha value is -3.53. The zero-order valence-electron chi connectivity index (χ0n) is 18.9. The molecule has 0 radical (unpaired) electrons. The second-order valence-electron chi connectivity index (χ2n) is 7.18. The Balaban J connectivity index is 1.94. The fraction of sp³-hybridized carbons (Fsp3) is 0.250. The van der Waals surface area contributed by atoms with E-state index >= 15 is 0 Å². The van der Waals surface area contributed by atoms with Crippen LogP contribution in [0.2, 0.25) is 5.02 Å². The van der Waals surface area contributed by atoms with Gasteiger partial charge in [-0.25, -0.2) is 17.6 Å². The van der Waals surface area contributed by atoms with Crippen LogP contribution in [-0.4, -0.2) is 36.9 Å². The van der Waals surface area contributed by atoms with E-state index < -0.39 is 29.3 Å². The molecule has 0 amide bonds. The Kier molecular flexibility index (Phi) is 8.39. The van der Waals surface area contributed by atoms with Crippen molar-refractivity contribution in [2.24, 2.45) is 0 Å². The molecule has 1 aromatic heterocycles. The van der Waals surface area contributed by atoms with Gasteiger partial charge in [-0.15, -0.1) is 0 Å². The van der Waals surface area contributed by atoms with E-state index in [1.807, 2.05) is 0 Å². The molecule has 0 aliphatic rings. The normalized spacial score (nSPS) is 11.5. The number of halogens is 5. The van der Waals surface area contributed by atoms with Gasteiger partial charge in [-0.05, 0) is 42.0 Å². The van der Waals surface area contributed by atoms with Crippen molar-refractivity contribution in [3.8, 4) is 17.2 Å². The quantitative estimate of drug-likeness (QED) is 0.179. The molecule has 3 aromatic rings. The molecule has 0 unspecified atom stereocenters. The maximum atomic E-state index is 13.5. The lowest BCUT2D eigenvalue weighted by Gasteiger charge is -2.12. The second-order valence-corrected chi connectivity index (χ2v) is 7.56. The monoisotopic (exact) mass is 512 g/mol. The highest BCUT2D eigenvalue weighted by Crippen LogP contribution is 2.35. The summed E-state index contributed by atoms with van der Waals surface area (Å²) in [6, 6.07) is 9.58. The van der Waals surface area contributed by atoms with E-state index in [9.17, 15) is 22.4 Å². The van der Waals surface area contributed by atoms with Crippen molar-refractivity contribution in [3.05, 3.63) is 75.6 Å². The molecule has 186 valence electrons. The summed E-state index contributed by atoms with van der Waals surface area (Å²) in [4.78, 5) is 12.8. The summed E-state index contributed by atoms with van der Waals surface area (Å²) in [7, 11) is 4.29. The number of methoxy groups -OCH3 is 3. The molecule has 2 aromatic carbocycles. The van der Waals surface area contributed by atoms with Gasteiger partial charge in [0, 0.05) is 5.56 Å². The second kappa shape index (κ2) is 11.3. The first-order chi connectivity index (χ1) is 16.7. The maximum absolute atomic E-state index is 13.5. The SMILES string of the molecule is COc1ccc(OC)c(C(=O)/C=C/c2ccc(OC)c(Cn3nc(C(F)F)c(Cl)c3C(F)F)c2)c1. The summed E-state index contributed by atoms with van der Waals surface area (Å²) >= 11 is 5.74. The molecule has 0 saturated heterocycles. The van der Waals surface area contributed by atoms with E-state index in [0.717, 1.165) is 4.68 Å². The van der Waals surface area contributed by atoms with Gasteiger partial charge < -0.3 is 14.2 Å². The first-order valence-electron chi connectivity index (χ1n) is 10.1.